The van der Waals surface area contributed by atoms with Crippen LogP contribution in [0.1, 0.15) is 62.5 Å². The Bertz CT molecular complexity index is 1020. The summed E-state index contributed by atoms with van der Waals surface area (Å²) in [5.41, 5.74) is 4.67. The quantitative estimate of drug-likeness (QED) is 0.485. The minimum atomic E-state index is -0.848. The molecule has 3 N–H and O–H groups in total. The molecule has 0 radical (unpaired) electrons. The maximum absolute atomic E-state index is 12.6. The lowest BCUT2D eigenvalue weighted by molar-refractivity contribution is -0.144. The third kappa shape index (κ3) is 5.84. The molecule has 2 amide bonds. The second-order valence-electron chi connectivity index (χ2n) is 9.59. The fourth-order valence-electron chi connectivity index (χ4n) is 5.37. The van der Waals surface area contributed by atoms with Gasteiger partial charge in [-0.3, -0.25) is 9.59 Å². The van der Waals surface area contributed by atoms with Crippen LogP contribution in [0.3, 0.4) is 0 Å². The number of aliphatic carboxylic acids is 1. The number of hydrogen-bond acceptors (Lipinski definition) is 4. The van der Waals surface area contributed by atoms with Crippen molar-refractivity contribution in [1.29, 1.82) is 0 Å². The van der Waals surface area contributed by atoms with Gasteiger partial charge >= 0.3 is 12.1 Å². The molecule has 3 atom stereocenters. The second kappa shape index (κ2) is 11.4. The number of carbonyl (C=O) groups excluding carboxylic acids is 2. The number of hydrogen-bond donors (Lipinski definition) is 3. The van der Waals surface area contributed by atoms with Crippen molar-refractivity contribution in [1.82, 2.24) is 10.6 Å². The van der Waals surface area contributed by atoms with E-state index >= 15 is 0 Å². The van der Waals surface area contributed by atoms with E-state index < -0.39 is 18.0 Å². The molecule has 0 heterocycles. The van der Waals surface area contributed by atoms with Gasteiger partial charge in [0.25, 0.3) is 0 Å². The third-order valence-electron chi connectivity index (χ3n) is 7.36. The summed E-state index contributed by atoms with van der Waals surface area (Å²) in [5, 5.41) is 15.1. The molecule has 1 saturated carbocycles. The summed E-state index contributed by atoms with van der Waals surface area (Å²) in [5.74, 6) is -1.59. The summed E-state index contributed by atoms with van der Waals surface area (Å²) in [6.45, 7) is 2.54. The number of rotatable bonds is 9. The molecule has 1 fully saturated rings. The lowest BCUT2D eigenvalue weighted by atomic mass is 9.84. The first-order valence-electron chi connectivity index (χ1n) is 12.6. The van der Waals surface area contributed by atoms with Gasteiger partial charge in [0.05, 0.1) is 5.92 Å². The highest BCUT2D eigenvalue weighted by Gasteiger charge is 2.32. The SMILES string of the molecule is CCC(CNC(=O)OCC1c2ccccc2-c2ccccc21)CC(=O)N[C@@H]1CCCC[C@@H]1C(=O)O. The van der Waals surface area contributed by atoms with Gasteiger partial charge in [0.1, 0.15) is 6.61 Å². The Morgan fingerprint density at radius 3 is 2.26 bits per heavy atom. The van der Waals surface area contributed by atoms with Crippen LogP contribution in [-0.2, 0) is 14.3 Å². The van der Waals surface area contributed by atoms with Crippen molar-refractivity contribution in [3.05, 3.63) is 59.7 Å². The maximum atomic E-state index is 12.6. The van der Waals surface area contributed by atoms with Crippen molar-refractivity contribution in [3.8, 4) is 11.1 Å². The van der Waals surface area contributed by atoms with Crippen molar-refractivity contribution < 1.29 is 24.2 Å². The summed E-state index contributed by atoms with van der Waals surface area (Å²) < 4.78 is 5.59. The average Bonchev–Trinajstić information content (AvgIpc) is 3.19. The number of alkyl carbamates (subject to hydrolysis) is 1. The van der Waals surface area contributed by atoms with Gasteiger partial charge in [0, 0.05) is 24.9 Å². The van der Waals surface area contributed by atoms with Crippen LogP contribution in [0.15, 0.2) is 48.5 Å². The molecule has 0 bridgehead atoms. The van der Waals surface area contributed by atoms with E-state index in [2.05, 4.69) is 34.9 Å². The molecule has 2 aliphatic carbocycles. The van der Waals surface area contributed by atoms with Crippen molar-refractivity contribution in [2.45, 2.75) is 57.4 Å². The average molecular weight is 479 g/mol. The highest BCUT2D eigenvalue weighted by Crippen LogP contribution is 2.44. The summed E-state index contributed by atoms with van der Waals surface area (Å²) >= 11 is 0. The Kier molecular flexibility index (Phi) is 8.06. The Morgan fingerprint density at radius 2 is 1.63 bits per heavy atom. The predicted molar refractivity (Wildman–Crippen MR) is 133 cm³/mol. The summed E-state index contributed by atoms with van der Waals surface area (Å²) in [6, 6.07) is 16.1. The van der Waals surface area contributed by atoms with E-state index in [1.807, 2.05) is 31.2 Å². The molecule has 186 valence electrons. The van der Waals surface area contributed by atoms with E-state index in [-0.39, 0.29) is 36.8 Å². The first-order chi connectivity index (χ1) is 17.0. The van der Waals surface area contributed by atoms with Gasteiger partial charge in [-0.25, -0.2) is 4.79 Å². The molecule has 0 aromatic heterocycles. The zero-order valence-electron chi connectivity index (χ0n) is 20.2. The van der Waals surface area contributed by atoms with E-state index in [1.165, 1.54) is 11.1 Å². The molecule has 7 heteroatoms. The van der Waals surface area contributed by atoms with E-state index in [0.29, 0.717) is 25.8 Å². The van der Waals surface area contributed by atoms with Gasteiger partial charge in [-0.1, -0.05) is 74.7 Å². The molecule has 0 aliphatic heterocycles. The number of carboxylic acid groups (broad SMARTS) is 1. The van der Waals surface area contributed by atoms with Gasteiger partial charge < -0.3 is 20.5 Å². The zero-order valence-corrected chi connectivity index (χ0v) is 20.2. The van der Waals surface area contributed by atoms with Crippen LogP contribution in [-0.4, -0.2) is 42.3 Å². The molecule has 7 nitrogen and oxygen atoms in total. The largest absolute Gasteiger partial charge is 0.481 e. The summed E-state index contributed by atoms with van der Waals surface area (Å²) in [6.07, 6.45) is 3.55. The van der Waals surface area contributed by atoms with Crippen LogP contribution in [0, 0.1) is 11.8 Å². The number of nitrogens with one attached hydrogen (secondary N) is 2. The predicted octanol–water partition coefficient (Wildman–Crippen LogP) is 4.70. The van der Waals surface area contributed by atoms with Crippen LogP contribution in [0.25, 0.3) is 11.1 Å². The molecule has 4 rings (SSSR count). The minimum Gasteiger partial charge on any atom is -0.481 e. The van der Waals surface area contributed by atoms with Gasteiger partial charge in [-0.2, -0.15) is 0 Å². The van der Waals surface area contributed by atoms with Crippen molar-refractivity contribution >= 4 is 18.0 Å². The second-order valence-corrected chi connectivity index (χ2v) is 9.59. The molecule has 35 heavy (non-hydrogen) atoms. The van der Waals surface area contributed by atoms with Gasteiger partial charge in [0.15, 0.2) is 0 Å². The monoisotopic (exact) mass is 478 g/mol. The number of amides is 2. The molecular formula is C28H34N2O5. The normalized spacial score (nSPS) is 19.8. The highest BCUT2D eigenvalue weighted by molar-refractivity contribution is 5.79. The van der Waals surface area contributed by atoms with E-state index in [4.69, 9.17) is 4.74 Å². The maximum Gasteiger partial charge on any atom is 0.407 e. The van der Waals surface area contributed by atoms with Crippen LogP contribution in [0.5, 0.6) is 0 Å². The molecule has 0 saturated heterocycles. The molecule has 2 aromatic rings. The van der Waals surface area contributed by atoms with Crippen LogP contribution in [0.2, 0.25) is 0 Å². The minimum absolute atomic E-state index is 0.00132. The smallest absolute Gasteiger partial charge is 0.407 e. The fourth-order valence-corrected chi connectivity index (χ4v) is 5.37. The zero-order chi connectivity index (χ0) is 24.8. The Hall–Kier alpha value is -3.35. The molecular weight excluding hydrogens is 444 g/mol. The fraction of sp³-hybridized carbons (Fsp3) is 0.464. The van der Waals surface area contributed by atoms with Gasteiger partial charge in [-0.05, 0) is 41.0 Å². The molecule has 0 spiro atoms. The summed E-state index contributed by atoms with van der Waals surface area (Å²) in [4.78, 5) is 36.5. The lowest BCUT2D eigenvalue weighted by Crippen LogP contribution is -2.45. The van der Waals surface area contributed by atoms with Crippen LogP contribution < -0.4 is 10.6 Å². The number of ether oxygens (including phenoxy) is 1. The molecule has 2 aliphatic rings. The molecule has 1 unspecified atom stereocenters. The number of carbonyl (C=O) groups is 3. The van der Waals surface area contributed by atoms with Crippen molar-refractivity contribution in [2.24, 2.45) is 11.8 Å². The van der Waals surface area contributed by atoms with Gasteiger partial charge in [-0.15, -0.1) is 0 Å². The standard InChI is InChI=1S/C28H34N2O5/c1-2-18(15-26(31)30-25-14-8-7-13-23(25)27(32)33)16-29-28(34)35-17-24-21-11-5-3-9-19(21)20-10-4-6-12-22(20)24/h3-6,9-12,18,23-25H,2,7-8,13-17H2,1H3,(H,29,34)(H,30,31)(H,32,33)/t18?,23-,25+/m0/s1. The third-order valence-corrected chi connectivity index (χ3v) is 7.36. The molecule has 2 aromatic carbocycles. The van der Waals surface area contributed by atoms with E-state index in [9.17, 15) is 19.5 Å². The topological polar surface area (TPSA) is 105 Å². The van der Waals surface area contributed by atoms with Crippen LogP contribution >= 0.6 is 0 Å². The first-order valence-corrected chi connectivity index (χ1v) is 12.6. The number of fused-ring (bicyclic) bond motifs is 3. The van der Waals surface area contributed by atoms with E-state index in [0.717, 1.165) is 24.0 Å². The Labute approximate surface area is 206 Å². The van der Waals surface area contributed by atoms with Crippen molar-refractivity contribution in [3.63, 3.8) is 0 Å². The Balaban J connectivity index is 1.26. The lowest BCUT2D eigenvalue weighted by Gasteiger charge is -2.29. The van der Waals surface area contributed by atoms with E-state index in [1.54, 1.807) is 0 Å². The first kappa shape index (κ1) is 24.8. The number of carboxylic acids is 1. The van der Waals surface area contributed by atoms with Gasteiger partial charge in [0.2, 0.25) is 5.91 Å². The van der Waals surface area contributed by atoms with Crippen LogP contribution in [0.4, 0.5) is 4.79 Å². The highest BCUT2D eigenvalue weighted by atomic mass is 16.5. The Morgan fingerprint density at radius 1 is 1.00 bits per heavy atom. The number of benzene rings is 2. The van der Waals surface area contributed by atoms with Crippen molar-refractivity contribution in [2.75, 3.05) is 13.2 Å². The summed E-state index contributed by atoms with van der Waals surface area (Å²) in [7, 11) is 0.